The van der Waals surface area contributed by atoms with Crippen LogP contribution in [0, 0.1) is 6.08 Å². The molecular weight excluding hydrogens is 251 g/mol. The van der Waals surface area contributed by atoms with Crippen LogP contribution in [0.15, 0.2) is 16.7 Å². The molecule has 0 aromatic rings. The first-order valence-corrected chi connectivity index (χ1v) is 5.88. The van der Waals surface area contributed by atoms with Crippen LogP contribution in [0.2, 0.25) is 0 Å². The Bertz CT molecular complexity index is 412. The summed E-state index contributed by atoms with van der Waals surface area (Å²) in [6.45, 7) is 5.56. The van der Waals surface area contributed by atoms with E-state index in [-0.39, 0.29) is 5.91 Å². The van der Waals surface area contributed by atoms with Gasteiger partial charge in [0.05, 0.1) is 0 Å². The van der Waals surface area contributed by atoms with E-state index in [2.05, 4.69) is 6.08 Å². The molecule has 0 saturated carbocycles. The maximum atomic E-state index is 12.1. The molecule has 0 heterocycles. The van der Waals surface area contributed by atoms with Gasteiger partial charge in [0.1, 0.15) is 0 Å². The number of amides is 1. The van der Waals surface area contributed by atoms with E-state index in [0.717, 1.165) is 13.6 Å². The number of carbonyl (C=O) groups is 1. The summed E-state index contributed by atoms with van der Waals surface area (Å²) in [6, 6.07) is 0. The molecule has 1 rings (SSSR count). The van der Waals surface area contributed by atoms with Crippen LogP contribution >= 0.6 is 0 Å². The van der Waals surface area contributed by atoms with Crippen LogP contribution in [0.3, 0.4) is 0 Å². The Hall–Kier alpha value is -0.0761. The first-order chi connectivity index (χ1) is 7.40. The molecule has 1 aliphatic rings. The van der Waals surface area contributed by atoms with Gasteiger partial charge in [-0.2, -0.15) is 0 Å². The van der Waals surface area contributed by atoms with Crippen molar-refractivity contribution in [3.8, 4) is 0 Å². The number of hydrogen-bond donors (Lipinski definition) is 0. The van der Waals surface area contributed by atoms with Crippen LogP contribution in [-0.2, 0) is 35.0 Å². The van der Waals surface area contributed by atoms with Gasteiger partial charge in [0.2, 0.25) is 0 Å². The van der Waals surface area contributed by atoms with Gasteiger partial charge in [-0.3, -0.25) is 0 Å². The molecule has 0 N–H and O–H groups in total. The molecule has 0 radical (unpaired) electrons. The summed E-state index contributed by atoms with van der Waals surface area (Å²) in [5.41, 5.74) is 2.26. The predicted octanol–water partition coefficient (Wildman–Crippen LogP) is 1.34. The van der Waals surface area contributed by atoms with Crippen molar-refractivity contribution < 1.29 is 36.3 Å². The summed E-state index contributed by atoms with van der Waals surface area (Å²) in [5, 5.41) is 0. The molecule has 1 amide bonds. The van der Waals surface area contributed by atoms with Crippen molar-refractivity contribution >= 4 is 8.33 Å². The van der Waals surface area contributed by atoms with Gasteiger partial charge in [-0.1, -0.05) is 0 Å². The third kappa shape index (κ3) is 2.29. The summed E-state index contributed by atoms with van der Waals surface area (Å²) in [6.07, 6.45) is 2.37. The average Bonchev–Trinajstić information content (AvgIpc) is 2.54. The van der Waals surface area contributed by atoms with Crippen molar-refractivity contribution in [1.82, 2.24) is 4.90 Å². The van der Waals surface area contributed by atoms with E-state index in [0.29, 0.717) is 5.57 Å². The van der Waals surface area contributed by atoms with Crippen molar-refractivity contribution in [3.63, 3.8) is 0 Å². The number of rotatable bonds is 2. The van der Waals surface area contributed by atoms with Gasteiger partial charge in [-0.15, -0.1) is 0 Å². The van der Waals surface area contributed by atoms with E-state index < -0.39 is 36.6 Å². The Morgan fingerprint density at radius 3 is 2.79 bits per heavy atom. The quantitative estimate of drug-likeness (QED) is 0.692. The fourth-order valence-electron chi connectivity index (χ4n) is 1.14. The molecule has 2 nitrogen and oxygen atoms in total. The van der Waals surface area contributed by atoms with Crippen LogP contribution in [0.1, 0.15) is 28.5 Å². The van der Waals surface area contributed by atoms with E-state index >= 15 is 0 Å². The summed E-state index contributed by atoms with van der Waals surface area (Å²) in [7, 11) is 1.70. The van der Waals surface area contributed by atoms with E-state index in [1.165, 1.54) is 0 Å². The molecule has 0 saturated heterocycles. The molecule has 0 aliphatic heterocycles. The fourth-order valence-corrected chi connectivity index (χ4v) is 1.43. The molecule has 0 aromatic carbocycles. The van der Waals surface area contributed by atoms with E-state index in [1.54, 1.807) is 11.9 Å². The SMILES string of the molecule is [2H][Y]=[C](C)N(C)C(=O)C1=[C-]C([2H])C(C)=C1C. The Morgan fingerprint density at radius 2 is 2.36 bits per heavy atom. The molecule has 1 atom stereocenters. The topological polar surface area (TPSA) is 20.3 Å². The van der Waals surface area contributed by atoms with E-state index in [4.69, 9.17) is 1.47 Å². The van der Waals surface area contributed by atoms with Crippen LogP contribution in [0.25, 0.3) is 0 Å². The van der Waals surface area contributed by atoms with E-state index in [1.807, 2.05) is 20.8 Å². The molecule has 0 aromatic heterocycles. The summed E-state index contributed by atoms with van der Waals surface area (Å²) >= 11 is -1.48. The fraction of sp³-hybridized carbons (Fsp3) is 0.455. The predicted molar refractivity (Wildman–Crippen MR) is 54.6 cm³/mol. The Morgan fingerprint density at radius 1 is 1.71 bits per heavy atom. The van der Waals surface area contributed by atoms with Crippen molar-refractivity contribution in [2.24, 2.45) is 0 Å². The minimum absolute atomic E-state index is 0.123. The first-order valence-electron chi connectivity index (χ1n) is 5.62. The summed E-state index contributed by atoms with van der Waals surface area (Å²) in [4.78, 5) is 13.6. The Kier molecular flexibility index (Phi) is 3.03. The van der Waals surface area contributed by atoms with Crippen molar-refractivity contribution in [1.29, 1.82) is 0.101 Å². The summed E-state index contributed by atoms with van der Waals surface area (Å²) in [5.74, 6) is -0.123. The number of likely N-dealkylation sites (N-methyl/N-ethyl adjacent to an activating group) is 1. The van der Waals surface area contributed by atoms with Crippen molar-refractivity contribution in [3.05, 3.63) is 22.8 Å². The second-order valence-corrected chi connectivity index (χ2v) is 5.53. The second-order valence-electron chi connectivity index (χ2n) is 3.48. The average molecular weight is 268 g/mol. The van der Waals surface area contributed by atoms with Crippen LogP contribution in [0.5, 0.6) is 0 Å². The molecule has 1 aliphatic carbocycles. The molecule has 14 heavy (non-hydrogen) atoms. The molecular formula is C11H15NOY-. The normalized spacial score (nSPS) is 23.9. The van der Waals surface area contributed by atoms with Gasteiger partial charge >= 0.3 is 107 Å². The zero-order valence-electron chi connectivity index (χ0n) is 11.0. The number of carbonyl (C=O) groups excluding carboxylic acids is 1. The Balaban J connectivity index is 2.98. The maximum absolute atomic E-state index is 12.1. The monoisotopic (exact) mass is 268 g/mol. The van der Waals surface area contributed by atoms with Crippen LogP contribution < -0.4 is 0 Å². The van der Waals surface area contributed by atoms with Crippen LogP contribution in [0.4, 0.5) is 0 Å². The molecule has 0 bridgehead atoms. The van der Waals surface area contributed by atoms with Crippen molar-refractivity contribution in [2.45, 2.75) is 27.2 Å². The second kappa shape index (κ2) is 4.63. The molecule has 74 valence electrons. The van der Waals surface area contributed by atoms with Gasteiger partial charge in [0, 0.05) is 0 Å². The van der Waals surface area contributed by atoms with Crippen molar-refractivity contribution in [2.75, 3.05) is 7.05 Å². The molecule has 3 heteroatoms. The first kappa shape index (κ1) is 9.17. The van der Waals surface area contributed by atoms with E-state index in [9.17, 15) is 4.79 Å². The third-order valence-corrected chi connectivity index (χ3v) is 3.40. The van der Waals surface area contributed by atoms with Gasteiger partial charge in [-0.05, 0) is 0 Å². The van der Waals surface area contributed by atoms with Gasteiger partial charge in [0.25, 0.3) is 0 Å². The van der Waals surface area contributed by atoms with Crippen LogP contribution in [-0.4, -0.2) is 20.4 Å². The van der Waals surface area contributed by atoms with Gasteiger partial charge in [0.15, 0.2) is 0 Å². The Labute approximate surface area is 106 Å². The molecule has 1 unspecified atom stereocenters. The molecule has 0 spiro atoms. The number of hydrogen-bond acceptors (Lipinski definition) is 1. The standard InChI is InChI=1S/C11H14NO.Y.H/c1-5-12(4)11(13)10-7-6-8(2)9(10)3;;/h6H2,1-4H3;;/q-1;;/i6D;;1+1. The minimum atomic E-state index is -1.48. The number of allylic oxidation sites excluding steroid dienone is 2. The van der Waals surface area contributed by atoms with Gasteiger partial charge in [-0.25, -0.2) is 0 Å². The number of nitrogens with zero attached hydrogens (tertiary/aromatic N) is 1. The molecule has 0 fully saturated rings. The van der Waals surface area contributed by atoms with Gasteiger partial charge < -0.3 is 0 Å². The zero-order valence-corrected chi connectivity index (χ0v) is 11.8. The summed E-state index contributed by atoms with van der Waals surface area (Å²) < 4.78 is 16.0. The zero-order chi connectivity index (χ0) is 12.5. The third-order valence-electron chi connectivity index (χ3n) is 2.45.